The van der Waals surface area contributed by atoms with Crippen LogP contribution in [-0.4, -0.2) is 40.1 Å². The molecule has 6 nitrogen and oxygen atoms in total. The number of piperidine rings is 1. The summed E-state index contributed by atoms with van der Waals surface area (Å²) in [6.07, 6.45) is 3.74. The van der Waals surface area contributed by atoms with Crippen molar-refractivity contribution in [3.05, 3.63) is 30.1 Å². The van der Waals surface area contributed by atoms with Gasteiger partial charge in [-0.3, -0.25) is 14.7 Å². The Kier molecular flexibility index (Phi) is 5.80. The maximum Gasteiger partial charge on any atom is 0.410 e. The zero-order valence-corrected chi connectivity index (χ0v) is 14.9. The van der Waals surface area contributed by atoms with E-state index in [0.29, 0.717) is 13.0 Å². The average Bonchev–Trinajstić information content (AvgIpc) is 2.54. The zero-order chi connectivity index (χ0) is 17.7. The minimum absolute atomic E-state index is 0.154. The molecule has 132 valence electrons. The minimum atomic E-state index is -0.573. The molecule has 2 heterocycles. The fourth-order valence-electron chi connectivity index (χ4n) is 2.76. The third-order valence-electron chi connectivity index (χ3n) is 3.92. The first-order valence-electron chi connectivity index (χ1n) is 8.49. The van der Waals surface area contributed by atoms with E-state index >= 15 is 0 Å². The van der Waals surface area contributed by atoms with Gasteiger partial charge in [-0.05, 0) is 59.1 Å². The summed E-state index contributed by atoms with van der Waals surface area (Å²) < 4.78 is 5.44. The van der Waals surface area contributed by atoms with Gasteiger partial charge in [0, 0.05) is 12.7 Å². The van der Waals surface area contributed by atoms with Gasteiger partial charge in [0.15, 0.2) is 0 Å². The van der Waals surface area contributed by atoms with Crippen molar-refractivity contribution in [3.8, 4) is 0 Å². The van der Waals surface area contributed by atoms with E-state index in [2.05, 4.69) is 10.3 Å². The summed E-state index contributed by atoms with van der Waals surface area (Å²) in [5.74, 6) is -0.154. The van der Waals surface area contributed by atoms with Crippen LogP contribution in [0.25, 0.3) is 0 Å². The molecule has 2 rings (SSSR count). The lowest BCUT2D eigenvalue weighted by molar-refractivity contribution is -0.128. The van der Waals surface area contributed by atoms with Crippen LogP contribution in [0, 0.1) is 0 Å². The second-order valence-electron chi connectivity index (χ2n) is 7.17. The van der Waals surface area contributed by atoms with Crippen LogP contribution in [0.3, 0.4) is 0 Å². The molecule has 24 heavy (non-hydrogen) atoms. The van der Waals surface area contributed by atoms with E-state index in [1.54, 1.807) is 11.1 Å². The molecule has 0 aliphatic carbocycles. The topological polar surface area (TPSA) is 71.5 Å². The Bertz CT molecular complexity index is 569. The van der Waals surface area contributed by atoms with Crippen LogP contribution >= 0.6 is 0 Å². The summed E-state index contributed by atoms with van der Waals surface area (Å²) in [5.41, 5.74) is 0.224. The van der Waals surface area contributed by atoms with E-state index in [4.69, 9.17) is 4.74 Å². The van der Waals surface area contributed by atoms with Crippen LogP contribution in [0.1, 0.15) is 58.7 Å². The summed E-state index contributed by atoms with van der Waals surface area (Å²) in [6, 6.07) is 4.90. The highest BCUT2D eigenvalue weighted by molar-refractivity contribution is 5.86. The highest BCUT2D eigenvalue weighted by atomic mass is 16.6. The van der Waals surface area contributed by atoms with Crippen LogP contribution in [0.2, 0.25) is 0 Å². The lowest BCUT2D eigenvalue weighted by Crippen LogP contribution is -2.53. The summed E-state index contributed by atoms with van der Waals surface area (Å²) in [4.78, 5) is 30.9. The van der Waals surface area contributed by atoms with E-state index in [-0.39, 0.29) is 11.9 Å². The Balaban J connectivity index is 2.03. The molecule has 0 saturated carbocycles. The number of hydrogen-bond donors (Lipinski definition) is 1. The van der Waals surface area contributed by atoms with Crippen LogP contribution < -0.4 is 5.32 Å². The Morgan fingerprint density at radius 3 is 2.71 bits per heavy atom. The Labute approximate surface area is 143 Å². The van der Waals surface area contributed by atoms with E-state index in [1.807, 2.05) is 45.9 Å². The fourth-order valence-corrected chi connectivity index (χ4v) is 2.76. The van der Waals surface area contributed by atoms with Crippen molar-refractivity contribution in [2.24, 2.45) is 0 Å². The number of ether oxygens (including phenoxy) is 1. The molecule has 0 radical (unpaired) electrons. The van der Waals surface area contributed by atoms with Crippen molar-refractivity contribution in [2.75, 3.05) is 6.54 Å². The highest BCUT2D eigenvalue weighted by Gasteiger charge is 2.35. The number of carbonyl (C=O) groups is 2. The van der Waals surface area contributed by atoms with Crippen molar-refractivity contribution in [1.82, 2.24) is 15.2 Å². The summed E-state index contributed by atoms with van der Waals surface area (Å²) in [5, 5.41) is 2.96. The third-order valence-corrected chi connectivity index (χ3v) is 3.92. The molecule has 2 amide bonds. The molecule has 0 bridgehead atoms. The van der Waals surface area contributed by atoms with Gasteiger partial charge in [0.05, 0.1) is 11.7 Å². The second-order valence-corrected chi connectivity index (χ2v) is 7.17. The Hall–Kier alpha value is -2.11. The Morgan fingerprint density at radius 1 is 1.33 bits per heavy atom. The molecule has 1 fully saturated rings. The fraction of sp³-hybridized carbons (Fsp3) is 0.611. The molecular formula is C18H27N3O3. The van der Waals surface area contributed by atoms with Crippen LogP contribution in [0.4, 0.5) is 4.79 Å². The predicted octanol–water partition coefficient (Wildman–Crippen LogP) is 3.05. The number of carbonyl (C=O) groups excluding carboxylic acids is 2. The van der Waals surface area contributed by atoms with Gasteiger partial charge in [0.25, 0.3) is 0 Å². The van der Waals surface area contributed by atoms with Gasteiger partial charge in [-0.2, -0.15) is 0 Å². The zero-order valence-electron chi connectivity index (χ0n) is 14.9. The standard InChI is InChI=1S/C18H27N3O3/c1-13(14-9-5-7-11-19-14)20-16(22)15-10-6-8-12-21(15)17(23)24-18(2,3)4/h5,7,9,11,13,15H,6,8,10,12H2,1-4H3,(H,20,22)/t13?,15-/m0/s1. The summed E-state index contributed by atoms with van der Waals surface area (Å²) in [6.45, 7) is 7.92. The van der Waals surface area contributed by atoms with E-state index in [0.717, 1.165) is 18.5 Å². The van der Waals surface area contributed by atoms with Crippen molar-refractivity contribution >= 4 is 12.0 Å². The van der Waals surface area contributed by atoms with Gasteiger partial charge in [-0.1, -0.05) is 6.07 Å². The minimum Gasteiger partial charge on any atom is -0.444 e. The molecule has 1 N–H and O–H groups in total. The summed E-state index contributed by atoms with van der Waals surface area (Å²) >= 11 is 0. The number of amides is 2. The largest absolute Gasteiger partial charge is 0.444 e. The number of aromatic nitrogens is 1. The van der Waals surface area contributed by atoms with Crippen LogP contribution in [-0.2, 0) is 9.53 Å². The SMILES string of the molecule is CC(NC(=O)[C@@H]1CCCCN1C(=O)OC(C)(C)C)c1ccccn1. The lowest BCUT2D eigenvalue weighted by atomic mass is 10.0. The lowest BCUT2D eigenvalue weighted by Gasteiger charge is -2.36. The first-order valence-corrected chi connectivity index (χ1v) is 8.49. The van der Waals surface area contributed by atoms with Crippen molar-refractivity contribution in [2.45, 2.75) is 64.6 Å². The van der Waals surface area contributed by atoms with Gasteiger partial charge in [-0.25, -0.2) is 4.79 Å². The smallest absolute Gasteiger partial charge is 0.410 e. The maximum absolute atomic E-state index is 12.7. The molecule has 1 aromatic heterocycles. The maximum atomic E-state index is 12.7. The van der Waals surface area contributed by atoms with Crippen molar-refractivity contribution in [3.63, 3.8) is 0 Å². The number of pyridine rings is 1. The normalized spacial score (nSPS) is 19.5. The number of nitrogens with zero attached hydrogens (tertiary/aromatic N) is 2. The van der Waals surface area contributed by atoms with Gasteiger partial charge in [0.1, 0.15) is 11.6 Å². The summed E-state index contributed by atoms with van der Waals surface area (Å²) in [7, 11) is 0. The highest BCUT2D eigenvalue weighted by Crippen LogP contribution is 2.21. The van der Waals surface area contributed by atoms with E-state index in [9.17, 15) is 9.59 Å². The quantitative estimate of drug-likeness (QED) is 0.923. The van der Waals surface area contributed by atoms with Crippen molar-refractivity contribution in [1.29, 1.82) is 0 Å². The van der Waals surface area contributed by atoms with Gasteiger partial charge in [0.2, 0.25) is 5.91 Å². The first kappa shape index (κ1) is 18.2. The van der Waals surface area contributed by atoms with Gasteiger partial charge in [-0.15, -0.1) is 0 Å². The molecule has 1 saturated heterocycles. The molecule has 6 heteroatoms. The van der Waals surface area contributed by atoms with Gasteiger partial charge >= 0.3 is 6.09 Å². The molecular weight excluding hydrogens is 306 g/mol. The predicted molar refractivity (Wildman–Crippen MR) is 91.4 cm³/mol. The van der Waals surface area contributed by atoms with E-state index < -0.39 is 17.7 Å². The van der Waals surface area contributed by atoms with Crippen LogP contribution in [0.5, 0.6) is 0 Å². The third kappa shape index (κ3) is 4.94. The van der Waals surface area contributed by atoms with E-state index in [1.165, 1.54) is 0 Å². The second kappa shape index (κ2) is 7.64. The number of likely N-dealkylation sites (tertiary alicyclic amines) is 1. The molecule has 1 aromatic rings. The number of rotatable bonds is 3. The molecule has 2 atom stereocenters. The van der Waals surface area contributed by atoms with Crippen LogP contribution in [0.15, 0.2) is 24.4 Å². The average molecular weight is 333 g/mol. The van der Waals surface area contributed by atoms with Gasteiger partial charge < -0.3 is 10.1 Å². The first-order chi connectivity index (χ1) is 11.3. The number of hydrogen-bond acceptors (Lipinski definition) is 4. The molecule has 1 aliphatic heterocycles. The molecule has 1 aliphatic rings. The number of nitrogens with one attached hydrogen (secondary N) is 1. The molecule has 0 spiro atoms. The molecule has 0 aromatic carbocycles. The Morgan fingerprint density at radius 2 is 2.08 bits per heavy atom. The monoisotopic (exact) mass is 333 g/mol. The van der Waals surface area contributed by atoms with Crippen molar-refractivity contribution < 1.29 is 14.3 Å². The molecule has 1 unspecified atom stereocenters.